The number of amides is 1. The van der Waals surface area contributed by atoms with Gasteiger partial charge < -0.3 is 19.5 Å². The summed E-state index contributed by atoms with van der Waals surface area (Å²) in [6.45, 7) is 4.62. The Morgan fingerprint density at radius 2 is 1.58 bits per heavy atom. The van der Waals surface area contributed by atoms with Crippen molar-refractivity contribution in [2.75, 3.05) is 20.8 Å². The number of hydrogen-bond donors (Lipinski definition) is 1. The minimum atomic E-state index is -0.136. The summed E-state index contributed by atoms with van der Waals surface area (Å²) < 4.78 is 16.0. The predicted octanol–water partition coefficient (Wildman–Crippen LogP) is 3.85. The maximum atomic E-state index is 12.3. The molecule has 0 aliphatic heterocycles. The van der Waals surface area contributed by atoms with Crippen LogP contribution in [-0.4, -0.2) is 32.8 Å². The van der Waals surface area contributed by atoms with Crippen LogP contribution in [0.2, 0.25) is 0 Å². The number of rotatable bonds is 9. The van der Waals surface area contributed by atoms with Gasteiger partial charge in [0.2, 0.25) is 0 Å². The molecule has 5 nitrogen and oxygen atoms in total. The molecule has 2 aromatic carbocycles. The highest BCUT2D eigenvalue weighted by Crippen LogP contribution is 2.22. The van der Waals surface area contributed by atoms with Crippen molar-refractivity contribution in [3.05, 3.63) is 53.6 Å². The van der Waals surface area contributed by atoms with Crippen molar-refractivity contribution in [2.24, 2.45) is 0 Å². The van der Waals surface area contributed by atoms with Crippen LogP contribution in [0.4, 0.5) is 0 Å². The van der Waals surface area contributed by atoms with E-state index in [4.69, 9.17) is 14.2 Å². The predicted molar refractivity (Wildman–Crippen MR) is 102 cm³/mol. The molecule has 2 rings (SSSR count). The monoisotopic (exact) mass is 357 g/mol. The first kappa shape index (κ1) is 19.6. The lowest BCUT2D eigenvalue weighted by Gasteiger charge is -2.11. The summed E-state index contributed by atoms with van der Waals surface area (Å²) >= 11 is 0. The Bertz CT molecular complexity index is 688. The average molecular weight is 357 g/mol. The Balaban J connectivity index is 1.81. The van der Waals surface area contributed by atoms with E-state index in [9.17, 15) is 4.79 Å². The molecule has 2 aromatic rings. The van der Waals surface area contributed by atoms with Crippen LogP contribution < -0.4 is 19.5 Å². The highest BCUT2D eigenvalue weighted by molar-refractivity contribution is 5.95. The normalized spacial score (nSPS) is 10.5. The zero-order chi connectivity index (χ0) is 18.9. The summed E-state index contributed by atoms with van der Waals surface area (Å²) in [5.41, 5.74) is 1.75. The number of aryl methyl sites for hydroxylation is 1. The molecular formula is C21H27NO4. The number of benzene rings is 2. The van der Waals surface area contributed by atoms with E-state index in [1.807, 2.05) is 26.0 Å². The van der Waals surface area contributed by atoms with E-state index < -0.39 is 0 Å². The number of hydrogen-bond acceptors (Lipinski definition) is 4. The van der Waals surface area contributed by atoms with E-state index in [1.54, 1.807) is 32.4 Å². The molecule has 1 N–H and O–H groups in total. The van der Waals surface area contributed by atoms with Gasteiger partial charge in [0.05, 0.1) is 20.3 Å². The molecule has 0 spiro atoms. The minimum absolute atomic E-state index is 0.136. The van der Waals surface area contributed by atoms with Gasteiger partial charge in [0, 0.05) is 18.2 Å². The quantitative estimate of drug-likeness (QED) is 0.693. The molecule has 5 heteroatoms. The lowest BCUT2D eigenvalue weighted by atomic mass is 10.1. The van der Waals surface area contributed by atoms with Crippen LogP contribution in [0.5, 0.6) is 17.2 Å². The third-order valence-corrected chi connectivity index (χ3v) is 3.84. The molecule has 0 bridgehead atoms. The van der Waals surface area contributed by atoms with Crippen molar-refractivity contribution < 1.29 is 19.0 Å². The van der Waals surface area contributed by atoms with Gasteiger partial charge in [0.25, 0.3) is 5.91 Å². The van der Waals surface area contributed by atoms with Crippen molar-refractivity contribution in [1.82, 2.24) is 5.32 Å². The smallest absolute Gasteiger partial charge is 0.251 e. The highest BCUT2D eigenvalue weighted by atomic mass is 16.5. The third-order valence-electron chi connectivity index (χ3n) is 3.84. The maximum Gasteiger partial charge on any atom is 0.251 e. The van der Waals surface area contributed by atoms with Crippen molar-refractivity contribution in [1.29, 1.82) is 0 Å². The fraction of sp³-hybridized carbons (Fsp3) is 0.381. The van der Waals surface area contributed by atoms with E-state index >= 15 is 0 Å². The molecule has 0 radical (unpaired) electrons. The van der Waals surface area contributed by atoms with Crippen LogP contribution in [0.25, 0.3) is 0 Å². The molecule has 0 heterocycles. The van der Waals surface area contributed by atoms with Crippen molar-refractivity contribution in [3.63, 3.8) is 0 Å². The zero-order valence-electron chi connectivity index (χ0n) is 15.9. The lowest BCUT2D eigenvalue weighted by Crippen LogP contribution is -2.24. The van der Waals surface area contributed by atoms with Crippen LogP contribution in [0.1, 0.15) is 36.2 Å². The fourth-order valence-electron chi connectivity index (χ4n) is 2.54. The van der Waals surface area contributed by atoms with E-state index in [0.29, 0.717) is 23.6 Å². The molecule has 0 aliphatic carbocycles. The van der Waals surface area contributed by atoms with Gasteiger partial charge in [-0.1, -0.05) is 12.1 Å². The van der Waals surface area contributed by atoms with Gasteiger partial charge in [0.1, 0.15) is 17.2 Å². The third kappa shape index (κ3) is 5.99. The molecule has 140 valence electrons. The van der Waals surface area contributed by atoms with Gasteiger partial charge in [-0.2, -0.15) is 0 Å². The van der Waals surface area contributed by atoms with Crippen LogP contribution in [-0.2, 0) is 6.42 Å². The first-order chi connectivity index (χ1) is 12.5. The second-order valence-electron chi connectivity index (χ2n) is 6.27. The topological polar surface area (TPSA) is 56.8 Å². The number of carbonyl (C=O) groups is 1. The Hall–Kier alpha value is -2.69. The minimum Gasteiger partial charge on any atom is -0.497 e. The Morgan fingerprint density at radius 3 is 2.12 bits per heavy atom. The highest BCUT2D eigenvalue weighted by Gasteiger charge is 2.09. The van der Waals surface area contributed by atoms with Gasteiger partial charge in [-0.05, 0) is 56.5 Å². The average Bonchev–Trinajstić information content (AvgIpc) is 2.65. The van der Waals surface area contributed by atoms with Crippen LogP contribution in [0.3, 0.4) is 0 Å². The zero-order valence-corrected chi connectivity index (χ0v) is 15.9. The first-order valence-electron chi connectivity index (χ1n) is 8.78. The number of methoxy groups -OCH3 is 2. The summed E-state index contributed by atoms with van der Waals surface area (Å²) in [7, 11) is 3.13. The van der Waals surface area contributed by atoms with E-state index in [0.717, 1.165) is 18.6 Å². The number of ether oxygens (including phenoxy) is 3. The van der Waals surface area contributed by atoms with Crippen LogP contribution >= 0.6 is 0 Å². The Kier molecular flexibility index (Phi) is 7.33. The second-order valence-corrected chi connectivity index (χ2v) is 6.27. The van der Waals surface area contributed by atoms with Gasteiger partial charge in [-0.15, -0.1) is 0 Å². The summed E-state index contributed by atoms with van der Waals surface area (Å²) in [6, 6.07) is 13.2. The standard InChI is InChI=1S/C21H27NO4/c1-15(2)26-18-9-7-16(8-10-18)6-5-11-22-21(23)17-12-19(24-3)14-20(13-17)25-4/h7-10,12-15H,5-6,11H2,1-4H3,(H,22,23). The fourth-order valence-corrected chi connectivity index (χ4v) is 2.54. The molecule has 0 aromatic heterocycles. The van der Waals surface area contributed by atoms with Gasteiger partial charge in [-0.3, -0.25) is 4.79 Å². The van der Waals surface area contributed by atoms with E-state index in [-0.39, 0.29) is 12.0 Å². The van der Waals surface area contributed by atoms with Gasteiger partial charge in [-0.25, -0.2) is 0 Å². The Morgan fingerprint density at radius 1 is 0.962 bits per heavy atom. The van der Waals surface area contributed by atoms with Crippen LogP contribution in [0.15, 0.2) is 42.5 Å². The molecule has 0 unspecified atom stereocenters. The molecule has 0 atom stereocenters. The molecule has 1 amide bonds. The summed E-state index contributed by atoms with van der Waals surface area (Å²) in [5.74, 6) is 1.93. The van der Waals surface area contributed by atoms with Crippen molar-refractivity contribution >= 4 is 5.91 Å². The second kappa shape index (κ2) is 9.70. The molecule has 26 heavy (non-hydrogen) atoms. The molecular weight excluding hydrogens is 330 g/mol. The van der Waals surface area contributed by atoms with Gasteiger partial charge >= 0.3 is 0 Å². The Labute approximate surface area is 155 Å². The molecule has 0 fully saturated rings. The molecule has 0 saturated heterocycles. The summed E-state index contributed by atoms with van der Waals surface area (Å²) in [4.78, 5) is 12.3. The SMILES string of the molecule is COc1cc(OC)cc(C(=O)NCCCc2ccc(OC(C)C)cc2)c1. The van der Waals surface area contributed by atoms with E-state index in [1.165, 1.54) is 5.56 Å². The number of nitrogens with one attached hydrogen (secondary N) is 1. The van der Waals surface area contributed by atoms with Crippen molar-refractivity contribution in [2.45, 2.75) is 32.8 Å². The lowest BCUT2D eigenvalue weighted by molar-refractivity contribution is 0.0952. The maximum absolute atomic E-state index is 12.3. The first-order valence-corrected chi connectivity index (χ1v) is 8.78. The largest absolute Gasteiger partial charge is 0.497 e. The molecule has 0 saturated carbocycles. The summed E-state index contributed by atoms with van der Waals surface area (Å²) in [6.07, 6.45) is 1.92. The van der Waals surface area contributed by atoms with Gasteiger partial charge in [0.15, 0.2) is 0 Å². The van der Waals surface area contributed by atoms with Crippen molar-refractivity contribution in [3.8, 4) is 17.2 Å². The van der Waals surface area contributed by atoms with Crippen LogP contribution in [0, 0.1) is 0 Å². The number of carbonyl (C=O) groups excluding carboxylic acids is 1. The summed E-state index contributed by atoms with van der Waals surface area (Å²) in [5, 5.41) is 2.93. The van der Waals surface area contributed by atoms with E-state index in [2.05, 4.69) is 17.4 Å². The molecule has 0 aliphatic rings.